The highest BCUT2D eigenvalue weighted by Crippen LogP contribution is 2.15. The molecule has 0 saturated carbocycles. The number of pyridine rings is 1. The van der Waals surface area contributed by atoms with Gasteiger partial charge in [-0.25, -0.2) is 4.39 Å². The molecule has 1 N–H and O–H groups in total. The lowest BCUT2D eigenvalue weighted by Gasteiger charge is -2.03. The van der Waals surface area contributed by atoms with E-state index in [0.29, 0.717) is 23.6 Å². The molecule has 0 unspecified atom stereocenters. The Morgan fingerprint density at radius 1 is 1.04 bits per heavy atom. The molecule has 28 heavy (non-hydrogen) atoms. The van der Waals surface area contributed by atoms with Crippen LogP contribution in [-0.2, 0) is 17.9 Å². The quantitative estimate of drug-likeness (QED) is 0.561. The summed E-state index contributed by atoms with van der Waals surface area (Å²) in [6, 6.07) is 14.6. The third kappa shape index (κ3) is 4.29. The van der Waals surface area contributed by atoms with Gasteiger partial charge in [0.05, 0.1) is 24.6 Å². The normalized spacial score (nSPS) is 10.8. The number of halogens is 1. The van der Waals surface area contributed by atoms with Crippen LogP contribution in [0.5, 0.6) is 0 Å². The molecule has 4 aromatic rings. The van der Waals surface area contributed by atoms with Gasteiger partial charge in [-0.05, 0) is 17.7 Å². The van der Waals surface area contributed by atoms with Crippen LogP contribution >= 0.6 is 0 Å². The third-order valence-electron chi connectivity index (χ3n) is 4.06. The van der Waals surface area contributed by atoms with E-state index in [1.807, 2.05) is 36.5 Å². The standard InChI is InChI=1S/C20H17FN6O/c21-17-6-7-18(22-11-17)16-10-23-27(13-16)14-20(28)24-19-8-9-26(25-19)12-15-4-2-1-3-5-15/h1-11,13H,12,14H2,(H,24,25,28). The van der Waals surface area contributed by atoms with Crippen LogP contribution in [-0.4, -0.2) is 30.5 Å². The number of nitrogens with zero attached hydrogens (tertiary/aromatic N) is 5. The molecule has 0 saturated heterocycles. The highest BCUT2D eigenvalue weighted by Gasteiger charge is 2.09. The number of anilines is 1. The summed E-state index contributed by atoms with van der Waals surface area (Å²) in [5.74, 6) is -0.164. The fourth-order valence-corrected chi connectivity index (χ4v) is 2.75. The monoisotopic (exact) mass is 376 g/mol. The molecule has 0 spiro atoms. The fraction of sp³-hybridized carbons (Fsp3) is 0.100. The van der Waals surface area contributed by atoms with Crippen molar-refractivity contribution in [1.82, 2.24) is 24.5 Å². The molecule has 0 bridgehead atoms. The van der Waals surface area contributed by atoms with Crippen molar-refractivity contribution in [3.8, 4) is 11.3 Å². The van der Waals surface area contributed by atoms with Gasteiger partial charge >= 0.3 is 0 Å². The number of hydrogen-bond donors (Lipinski definition) is 1. The lowest BCUT2D eigenvalue weighted by Crippen LogP contribution is -2.19. The lowest BCUT2D eigenvalue weighted by atomic mass is 10.2. The molecule has 0 fully saturated rings. The average molecular weight is 376 g/mol. The number of benzene rings is 1. The number of aromatic nitrogens is 5. The summed E-state index contributed by atoms with van der Waals surface area (Å²) < 4.78 is 16.2. The lowest BCUT2D eigenvalue weighted by molar-refractivity contribution is -0.116. The highest BCUT2D eigenvalue weighted by molar-refractivity contribution is 5.89. The maximum absolute atomic E-state index is 13.0. The van der Waals surface area contributed by atoms with Gasteiger partial charge in [-0.2, -0.15) is 10.2 Å². The van der Waals surface area contributed by atoms with Gasteiger partial charge in [0.2, 0.25) is 5.91 Å². The first-order chi connectivity index (χ1) is 13.7. The molecule has 140 valence electrons. The van der Waals surface area contributed by atoms with Crippen LogP contribution in [0.15, 0.2) is 73.3 Å². The summed E-state index contributed by atoms with van der Waals surface area (Å²) >= 11 is 0. The second kappa shape index (κ2) is 7.83. The molecule has 3 heterocycles. The molecule has 7 nitrogen and oxygen atoms in total. The minimum atomic E-state index is -0.401. The Kier molecular flexibility index (Phi) is 4.92. The van der Waals surface area contributed by atoms with E-state index in [4.69, 9.17) is 0 Å². The Bertz CT molecular complexity index is 1070. The SMILES string of the molecule is O=C(Cn1cc(-c2ccc(F)cn2)cn1)Nc1ccn(Cc2ccccc2)n1. The maximum atomic E-state index is 13.0. The van der Waals surface area contributed by atoms with E-state index in [2.05, 4.69) is 20.5 Å². The predicted molar refractivity (Wildman–Crippen MR) is 102 cm³/mol. The zero-order chi connectivity index (χ0) is 19.3. The summed E-state index contributed by atoms with van der Waals surface area (Å²) in [6.45, 7) is 0.663. The Hall–Kier alpha value is -3.81. The molecule has 0 aliphatic rings. The van der Waals surface area contributed by atoms with Crippen molar-refractivity contribution >= 4 is 11.7 Å². The van der Waals surface area contributed by atoms with E-state index < -0.39 is 5.82 Å². The molecule has 3 aromatic heterocycles. The van der Waals surface area contributed by atoms with Crippen LogP contribution in [0, 0.1) is 5.82 Å². The van der Waals surface area contributed by atoms with Gasteiger partial charge in [-0.3, -0.25) is 19.1 Å². The number of hydrogen-bond acceptors (Lipinski definition) is 4. The van der Waals surface area contributed by atoms with Crippen molar-refractivity contribution in [3.05, 3.63) is 84.7 Å². The zero-order valence-electron chi connectivity index (χ0n) is 14.9. The largest absolute Gasteiger partial charge is 0.308 e. The molecule has 0 radical (unpaired) electrons. The molecule has 0 aliphatic heterocycles. The first kappa shape index (κ1) is 17.6. The minimum absolute atomic E-state index is 0.0345. The van der Waals surface area contributed by atoms with Gasteiger partial charge in [0.25, 0.3) is 0 Å². The van der Waals surface area contributed by atoms with Crippen molar-refractivity contribution < 1.29 is 9.18 Å². The van der Waals surface area contributed by atoms with Crippen molar-refractivity contribution in [1.29, 1.82) is 0 Å². The molecule has 1 amide bonds. The van der Waals surface area contributed by atoms with Crippen molar-refractivity contribution in [2.45, 2.75) is 13.1 Å². The minimum Gasteiger partial charge on any atom is -0.308 e. The van der Waals surface area contributed by atoms with Gasteiger partial charge in [-0.15, -0.1) is 0 Å². The number of amides is 1. The van der Waals surface area contributed by atoms with E-state index in [-0.39, 0.29) is 12.5 Å². The van der Waals surface area contributed by atoms with Gasteiger partial charge in [-0.1, -0.05) is 30.3 Å². The van der Waals surface area contributed by atoms with E-state index in [1.54, 1.807) is 29.2 Å². The summed E-state index contributed by atoms with van der Waals surface area (Å²) in [7, 11) is 0. The fourth-order valence-electron chi connectivity index (χ4n) is 2.75. The van der Waals surface area contributed by atoms with Gasteiger partial charge < -0.3 is 5.32 Å². The van der Waals surface area contributed by atoms with E-state index in [9.17, 15) is 9.18 Å². The van der Waals surface area contributed by atoms with Crippen LogP contribution in [0.4, 0.5) is 10.2 Å². The smallest absolute Gasteiger partial charge is 0.247 e. The van der Waals surface area contributed by atoms with Crippen LogP contribution in [0.2, 0.25) is 0 Å². The molecule has 1 aromatic carbocycles. The Balaban J connectivity index is 1.35. The van der Waals surface area contributed by atoms with Gasteiger partial charge in [0.1, 0.15) is 12.4 Å². The first-order valence-electron chi connectivity index (χ1n) is 8.67. The molecule has 8 heteroatoms. The molecule has 4 rings (SSSR count). The maximum Gasteiger partial charge on any atom is 0.247 e. The van der Waals surface area contributed by atoms with Crippen LogP contribution in [0.1, 0.15) is 5.56 Å². The topological polar surface area (TPSA) is 77.6 Å². The highest BCUT2D eigenvalue weighted by atomic mass is 19.1. The molecular weight excluding hydrogens is 359 g/mol. The Morgan fingerprint density at radius 2 is 1.89 bits per heavy atom. The van der Waals surface area contributed by atoms with Gasteiger partial charge in [0.15, 0.2) is 5.82 Å². The number of nitrogens with one attached hydrogen (secondary N) is 1. The Labute approximate surface area is 160 Å². The molecule has 0 atom stereocenters. The zero-order valence-corrected chi connectivity index (χ0v) is 14.9. The van der Waals surface area contributed by atoms with E-state index in [1.165, 1.54) is 10.7 Å². The third-order valence-corrected chi connectivity index (χ3v) is 4.06. The van der Waals surface area contributed by atoms with Crippen LogP contribution in [0.25, 0.3) is 11.3 Å². The first-order valence-corrected chi connectivity index (χ1v) is 8.67. The van der Waals surface area contributed by atoms with Crippen LogP contribution in [0.3, 0.4) is 0 Å². The second-order valence-corrected chi connectivity index (χ2v) is 6.22. The van der Waals surface area contributed by atoms with E-state index in [0.717, 1.165) is 11.8 Å². The second-order valence-electron chi connectivity index (χ2n) is 6.22. The predicted octanol–water partition coefficient (Wildman–Crippen LogP) is 2.97. The summed E-state index contributed by atoms with van der Waals surface area (Å²) in [5, 5.41) is 11.3. The Morgan fingerprint density at radius 3 is 2.68 bits per heavy atom. The van der Waals surface area contributed by atoms with Crippen LogP contribution < -0.4 is 5.32 Å². The van der Waals surface area contributed by atoms with Crippen molar-refractivity contribution in [3.63, 3.8) is 0 Å². The summed E-state index contributed by atoms with van der Waals surface area (Å²) in [6.07, 6.45) is 6.23. The van der Waals surface area contributed by atoms with E-state index >= 15 is 0 Å². The molecular formula is C20H17FN6O. The summed E-state index contributed by atoms with van der Waals surface area (Å²) in [5.41, 5.74) is 2.43. The van der Waals surface area contributed by atoms with Crippen molar-refractivity contribution in [2.24, 2.45) is 0 Å². The van der Waals surface area contributed by atoms with Gasteiger partial charge in [0, 0.05) is 24.0 Å². The number of carbonyl (C=O) groups excluding carboxylic acids is 1. The summed E-state index contributed by atoms with van der Waals surface area (Å²) in [4.78, 5) is 16.3. The van der Waals surface area contributed by atoms with Crippen molar-refractivity contribution in [2.75, 3.05) is 5.32 Å². The number of rotatable bonds is 6. The number of carbonyl (C=O) groups is 1. The molecule has 0 aliphatic carbocycles. The average Bonchev–Trinajstić information content (AvgIpc) is 3.33.